The average Bonchev–Trinajstić information content (AvgIpc) is 2.84. The van der Waals surface area contributed by atoms with Gasteiger partial charge in [-0.3, -0.25) is 0 Å². The van der Waals surface area contributed by atoms with Gasteiger partial charge in [0.1, 0.15) is 17.7 Å². The Bertz CT molecular complexity index is 782. The van der Waals surface area contributed by atoms with E-state index in [1.54, 1.807) is 0 Å². The van der Waals surface area contributed by atoms with Crippen molar-refractivity contribution in [1.82, 2.24) is 4.90 Å². The number of likely N-dealkylation sites (tertiary alicyclic amines) is 1. The minimum absolute atomic E-state index is 0.294. The van der Waals surface area contributed by atoms with Gasteiger partial charge in [0, 0.05) is 18.3 Å². The zero-order chi connectivity index (χ0) is 18.5. The van der Waals surface area contributed by atoms with E-state index in [1.165, 1.54) is 49.9 Å². The van der Waals surface area contributed by atoms with E-state index in [-0.39, 0.29) is 0 Å². The summed E-state index contributed by atoms with van der Waals surface area (Å²) in [5.41, 5.74) is 4.97. The Kier molecular flexibility index (Phi) is 4.03. The summed E-state index contributed by atoms with van der Waals surface area (Å²) in [5.74, 6) is 0.607. The summed E-state index contributed by atoms with van der Waals surface area (Å²) < 4.78 is 0. The molecule has 1 saturated carbocycles. The summed E-state index contributed by atoms with van der Waals surface area (Å²) in [6, 6.07) is 4.82. The maximum absolute atomic E-state index is 9.20. The van der Waals surface area contributed by atoms with Gasteiger partial charge in [-0.25, -0.2) is 0 Å². The molecule has 4 rings (SSSR count). The lowest BCUT2D eigenvalue weighted by Gasteiger charge is -2.40. The Morgan fingerprint density at radius 1 is 1.08 bits per heavy atom. The Balaban J connectivity index is 1.65. The van der Waals surface area contributed by atoms with E-state index in [4.69, 9.17) is 0 Å². The molecule has 0 unspecified atom stereocenters. The van der Waals surface area contributed by atoms with Gasteiger partial charge < -0.3 is 4.90 Å². The van der Waals surface area contributed by atoms with Gasteiger partial charge in [-0.15, -0.1) is 0 Å². The molecule has 0 amide bonds. The predicted molar refractivity (Wildman–Crippen MR) is 103 cm³/mol. The highest BCUT2D eigenvalue weighted by atomic mass is 15.2. The van der Waals surface area contributed by atoms with Crippen LogP contribution in [-0.2, 0) is 0 Å². The van der Waals surface area contributed by atoms with E-state index < -0.39 is 0 Å². The third kappa shape index (κ3) is 2.99. The molecule has 3 aliphatic carbocycles. The topological polar surface area (TPSA) is 50.8 Å². The van der Waals surface area contributed by atoms with Crippen molar-refractivity contribution in [2.45, 2.75) is 71.8 Å². The molecular formula is C23H29N3. The zero-order valence-electron chi connectivity index (χ0n) is 16.3. The Hall–Kier alpha value is -2.00. The molecule has 4 aliphatic rings. The average molecular weight is 348 g/mol. The standard InChI is InChI=1S/C23H29N3/c1-22(2)10-21-11-23(3,14-22)15-26(21)20-7-6-16-4-5-17(8-18(16)9-20)19(12-24)13-25/h8-9,16,21H,4-7,10-11,14-15H2,1-3H3/t16-,21+,23-/m1/s1. The smallest absolute Gasteiger partial charge is 0.132 e. The first-order valence-corrected chi connectivity index (χ1v) is 10.0. The largest absolute Gasteiger partial charge is 0.371 e. The maximum atomic E-state index is 9.20. The van der Waals surface area contributed by atoms with E-state index >= 15 is 0 Å². The number of nitriles is 2. The Labute approximate surface area is 157 Å². The van der Waals surface area contributed by atoms with Gasteiger partial charge in [0.25, 0.3) is 0 Å². The lowest BCUT2D eigenvalue weighted by Crippen LogP contribution is -2.35. The van der Waals surface area contributed by atoms with E-state index in [0.29, 0.717) is 28.4 Å². The molecule has 26 heavy (non-hydrogen) atoms. The Morgan fingerprint density at radius 3 is 2.54 bits per heavy atom. The van der Waals surface area contributed by atoms with Crippen molar-refractivity contribution in [3.05, 3.63) is 34.6 Å². The molecule has 136 valence electrons. The monoisotopic (exact) mass is 347 g/mol. The number of hydrogen-bond donors (Lipinski definition) is 0. The normalized spacial score (nSPS) is 35.0. The summed E-state index contributed by atoms with van der Waals surface area (Å²) >= 11 is 0. The zero-order valence-corrected chi connectivity index (χ0v) is 16.3. The lowest BCUT2D eigenvalue weighted by molar-refractivity contribution is 0.130. The van der Waals surface area contributed by atoms with Crippen LogP contribution in [0.4, 0.5) is 0 Å². The van der Waals surface area contributed by atoms with Crippen LogP contribution >= 0.6 is 0 Å². The van der Waals surface area contributed by atoms with Gasteiger partial charge in [-0.2, -0.15) is 10.5 Å². The van der Waals surface area contributed by atoms with E-state index in [9.17, 15) is 10.5 Å². The molecule has 0 radical (unpaired) electrons. The number of rotatable bonds is 1. The van der Waals surface area contributed by atoms with Gasteiger partial charge in [-0.05, 0) is 78.9 Å². The van der Waals surface area contributed by atoms with Crippen molar-refractivity contribution in [3.8, 4) is 12.1 Å². The van der Waals surface area contributed by atoms with Crippen molar-refractivity contribution >= 4 is 0 Å². The fraction of sp³-hybridized carbons (Fsp3) is 0.652. The van der Waals surface area contributed by atoms with Crippen molar-refractivity contribution in [2.24, 2.45) is 16.7 Å². The van der Waals surface area contributed by atoms with Crippen molar-refractivity contribution in [3.63, 3.8) is 0 Å². The second kappa shape index (κ2) is 6.02. The fourth-order valence-electron chi connectivity index (χ4n) is 6.33. The van der Waals surface area contributed by atoms with Crippen LogP contribution in [0.3, 0.4) is 0 Å². The fourth-order valence-corrected chi connectivity index (χ4v) is 6.33. The second-order valence-electron chi connectivity index (χ2n) is 10.0. The lowest BCUT2D eigenvalue weighted by atomic mass is 9.65. The molecule has 0 N–H and O–H groups in total. The van der Waals surface area contributed by atoms with Crippen molar-refractivity contribution in [1.29, 1.82) is 10.5 Å². The van der Waals surface area contributed by atoms with Crippen LogP contribution in [0.15, 0.2) is 34.6 Å². The van der Waals surface area contributed by atoms with Gasteiger partial charge in [0.2, 0.25) is 0 Å². The molecule has 0 aromatic heterocycles. The summed E-state index contributed by atoms with van der Waals surface area (Å²) in [6.07, 6.45) is 12.8. The maximum Gasteiger partial charge on any atom is 0.132 e. The SMILES string of the molecule is CC1(C)C[C@H]2C[C@@](C)(CN2C2=CC3=CC(=C(C#N)C#N)CC[C@@H]3CC2)C1. The van der Waals surface area contributed by atoms with Gasteiger partial charge in [-0.1, -0.05) is 26.8 Å². The number of allylic oxidation sites excluding steroid dienone is 6. The summed E-state index contributed by atoms with van der Waals surface area (Å²) in [6.45, 7) is 8.52. The number of hydrogen-bond acceptors (Lipinski definition) is 3. The van der Waals surface area contributed by atoms with Crippen LogP contribution in [0.25, 0.3) is 0 Å². The molecular weight excluding hydrogens is 318 g/mol. The molecule has 3 atom stereocenters. The molecule has 0 spiro atoms. The van der Waals surface area contributed by atoms with Crippen LogP contribution < -0.4 is 0 Å². The minimum atomic E-state index is 0.294. The van der Waals surface area contributed by atoms with Gasteiger partial charge in [0.15, 0.2) is 0 Å². The molecule has 2 fully saturated rings. The highest BCUT2D eigenvalue weighted by Gasteiger charge is 2.50. The van der Waals surface area contributed by atoms with Gasteiger partial charge >= 0.3 is 0 Å². The molecule has 3 nitrogen and oxygen atoms in total. The van der Waals surface area contributed by atoms with Crippen LogP contribution in [0.5, 0.6) is 0 Å². The molecule has 2 bridgehead atoms. The summed E-state index contributed by atoms with van der Waals surface area (Å²) in [5, 5.41) is 18.4. The van der Waals surface area contributed by atoms with E-state index in [2.05, 4.69) is 50.0 Å². The highest BCUT2D eigenvalue weighted by Crippen LogP contribution is 2.54. The first kappa shape index (κ1) is 17.4. The third-order valence-electron chi connectivity index (χ3n) is 6.99. The molecule has 0 aromatic carbocycles. The second-order valence-corrected chi connectivity index (χ2v) is 10.0. The highest BCUT2D eigenvalue weighted by molar-refractivity contribution is 5.49. The minimum Gasteiger partial charge on any atom is -0.371 e. The molecule has 1 saturated heterocycles. The molecule has 1 aliphatic heterocycles. The van der Waals surface area contributed by atoms with E-state index in [1.807, 2.05) is 0 Å². The first-order valence-electron chi connectivity index (χ1n) is 10.0. The quantitative estimate of drug-likeness (QED) is 0.609. The predicted octanol–water partition coefficient (Wildman–Crippen LogP) is 5.24. The van der Waals surface area contributed by atoms with Crippen molar-refractivity contribution < 1.29 is 0 Å². The van der Waals surface area contributed by atoms with Crippen LogP contribution in [0.2, 0.25) is 0 Å². The van der Waals surface area contributed by atoms with Crippen LogP contribution in [0, 0.1) is 39.4 Å². The number of fused-ring (bicyclic) bond motifs is 3. The van der Waals surface area contributed by atoms with Crippen molar-refractivity contribution in [2.75, 3.05) is 6.54 Å². The first-order chi connectivity index (χ1) is 12.3. The third-order valence-corrected chi connectivity index (χ3v) is 6.99. The van der Waals surface area contributed by atoms with Crippen LogP contribution in [-0.4, -0.2) is 17.5 Å². The molecule has 3 heteroatoms. The van der Waals surface area contributed by atoms with E-state index in [0.717, 1.165) is 18.4 Å². The summed E-state index contributed by atoms with van der Waals surface area (Å²) in [4.78, 5) is 2.71. The Morgan fingerprint density at radius 2 is 1.81 bits per heavy atom. The molecule has 1 heterocycles. The number of nitrogens with zero attached hydrogens (tertiary/aromatic N) is 3. The van der Waals surface area contributed by atoms with Crippen LogP contribution in [0.1, 0.15) is 65.7 Å². The summed E-state index contributed by atoms with van der Waals surface area (Å²) in [7, 11) is 0. The van der Waals surface area contributed by atoms with Gasteiger partial charge in [0.05, 0.1) is 0 Å². The molecule has 0 aromatic rings.